The van der Waals surface area contributed by atoms with Crippen LogP contribution in [-0.2, 0) is 11.3 Å². The molecule has 0 spiro atoms. The lowest BCUT2D eigenvalue weighted by molar-refractivity contribution is -0.384. The van der Waals surface area contributed by atoms with Crippen molar-refractivity contribution in [3.8, 4) is 11.5 Å². The molecule has 0 aliphatic rings. The maximum atomic E-state index is 12.6. The quantitative estimate of drug-likeness (QED) is 0.362. The Bertz CT molecular complexity index is 1010. The predicted molar refractivity (Wildman–Crippen MR) is 103 cm³/mol. The molecule has 3 aromatic rings. The van der Waals surface area contributed by atoms with Crippen LogP contribution in [0.1, 0.15) is 21.8 Å². The number of benzene rings is 2. The Kier molecular flexibility index (Phi) is 5.39. The molecule has 0 fully saturated rings. The first-order valence-electron chi connectivity index (χ1n) is 8.51. The zero-order valence-corrected chi connectivity index (χ0v) is 15.7. The molecule has 8 heteroatoms. The highest BCUT2D eigenvalue weighted by molar-refractivity contribution is 5.96. The van der Waals surface area contributed by atoms with Crippen LogP contribution in [0.25, 0.3) is 11.5 Å². The van der Waals surface area contributed by atoms with Crippen LogP contribution in [0.15, 0.2) is 52.9 Å². The fourth-order valence-electron chi connectivity index (χ4n) is 2.67. The summed E-state index contributed by atoms with van der Waals surface area (Å²) >= 11 is 0. The number of hydrogen-bond donors (Lipinski definition) is 0. The van der Waals surface area contributed by atoms with E-state index >= 15 is 0 Å². The first kappa shape index (κ1) is 19.1. The Morgan fingerprint density at radius 3 is 2.57 bits per heavy atom. The van der Waals surface area contributed by atoms with E-state index in [1.165, 1.54) is 18.2 Å². The lowest BCUT2D eigenvalue weighted by Crippen LogP contribution is -2.16. The molecule has 0 atom stereocenters. The molecule has 0 bridgehead atoms. The van der Waals surface area contributed by atoms with Crippen molar-refractivity contribution in [1.82, 2.24) is 4.98 Å². The zero-order chi connectivity index (χ0) is 20.3. The van der Waals surface area contributed by atoms with Gasteiger partial charge in [0.25, 0.3) is 5.69 Å². The number of nitro groups is 1. The largest absolute Gasteiger partial charge is 0.455 e. The third-order valence-electron chi connectivity index (χ3n) is 4.15. The summed E-state index contributed by atoms with van der Waals surface area (Å²) < 4.78 is 11.0. The number of esters is 1. The molecule has 0 saturated carbocycles. The van der Waals surface area contributed by atoms with Gasteiger partial charge in [0, 0.05) is 31.8 Å². The molecule has 0 unspecified atom stereocenters. The molecule has 0 amide bonds. The van der Waals surface area contributed by atoms with Crippen molar-refractivity contribution in [2.75, 3.05) is 19.0 Å². The molecule has 2 aromatic carbocycles. The van der Waals surface area contributed by atoms with E-state index in [1.807, 2.05) is 30.3 Å². The summed E-state index contributed by atoms with van der Waals surface area (Å²) in [5, 5.41) is 11.0. The predicted octanol–water partition coefficient (Wildman–Crippen LogP) is 3.98. The highest BCUT2D eigenvalue weighted by atomic mass is 16.6. The normalized spacial score (nSPS) is 10.5. The number of hydrogen-bond acceptors (Lipinski definition) is 7. The van der Waals surface area contributed by atoms with Gasteiger partial charge in [-0.05, 0) is 25.1 Å². The zero-order valence-electron chi connectivity index (χ0n) is 15.7. The Morgan fingerprint density at radius 1 is 1.21 bits per heavy atom. The Morgan fingerprint density at radius 2 is 1.93 bits per heavy atom. The summed E-state index contributed by atoms with van der Waals surface area (Å²) in [5.41, 5.74) is 1.77. The van der Waals surface area contributed by atoms with Crippen molar-refractivity contribution in [3.63, 3.8) is 0 Å². The third kappa shape index (κ3) is 4.01. The van der Waals surface area contributed by atoms with Gasteiger partial charge >= 0.3 is 5.97 Å². The van der Waals surface area contributed by atoms with Crippen LogP contribution in [0.4, 0.5) is 11.4 Å². The minimum atomic E-state index is -0.670. The third-order valence-corrected chi connectivity index (χ3v) is 4.15. The van der Waals surface area contributed by atoms with E-state index in [2.05, 4.69) is 4.98 Å². The van der Waals surface area contributed by atoms with Crippen molar-refractivity contribution in [3.05, 3.63) is 75.7 Å². The van der Waals surface area contributed by atoms with Crippen molar-refractivity contribution < 1.29 is 18.9 Å². The number of rotatable bonds is 6. The number of oxazole rings is 1. The van der Waals surface area contributed by atoms with E-state index in [0.717, 1.165) is 5.56 Å². The molecule has 1 heterocycles. The summed E-state index contributed by atoms with van der Waals surface area (Å²) in [4.78, 5) is 29.1. The lowest BCUT2D eigenvalue weighted by atomic mass is 10.1. The summed E-state index contributed by atoms with van der Waals surface area (Å²) in [6.07, 6.45) is 0. The molecule has 0 aliphatic carbocycles. The number of carbonyl (C=O) groups is 1. The number of nitro benzene ring substituents is 1. The number of ether oxygens (including phenoxy) is 1. The van der Waals surface area contributed by atoms with Crippen molar-refractivity contribution in [1.29, 1.82) is 0 Å². The van der Waals surface area contributed by atoms with Crippen LogP contribution in [0.5, 0.6) is 0 Å². The van der Waals surface area contributed by atoms with E-state index in [-0.39, 0.29) is 17.9 Å². The van der Waals surface area contributed by atoms with Crippen LogP contribution in [0.2, 0.25) is 0 Å². The minimum Gasteiger partial charge on any atom is -0.455 e. The second kappa shape index (κ2) is 7.91. The monoisotopic (exact) mass is 381 g/mol. The van der Waals surface area contributed by atoms with Gasteiger partial charge in [0.15, 0.2) is 0 Å². The molecule has 0 aliphatic heterocycles. The van der Waals surface area contributed by atoms with Gasteiger partial charge in [0.1, 0.15) is 18.1 Å². The summed E-state index contributed by atoms with van der Waals surface area (Å²) in [7, 11) is 3.48. The smallest absolute Gasteiger partial charge is 0.340 e. The van der Waals surface area contributed by atoms with E-state index in [4.69, 9.17) is 9.15 Å². The first-order valence-corrected chi connectivity index (χ1v) is 8.51. The number of anilines is 1. The van der Waals surface area contributed by atoms with E-state index < -0.39 is 10.9 Å². The summed E-state index contributed by atoms with van der Waals surface area (Å²) in [6.45, 7) is 1.64. The van der Waals surface area contributed by atoms with E-state index in [9.17, 15) is 14.9 Å². The van der Waals surface area contributed by atoms with Crippen molar-refractivity contribution >= 4 is 17.3 Å². The maximum absolute atomic E-state index is 12.6. The van der Waals surface area contributed by atoms with Crippen molar-refractivity contribution in [2.45, 2.75) is 13.5 Å². The first-order chi connectivity index (χ1) is 13.4. The minimum absolute atomic E-state index is 0.101. The number of aromatic nitrogens is 1. The van der Waals surface area contributed by atoms with Gasteiger partial charge < -0.3 is 14.1 Å². The Hall–Kier alpha value is -3.68. The second-order valence-corrected chi connectivity index (χ2v) is 6.32. The molecule has 0 radical (unpaired) electrons. The molecule has 1 aromatic heterocycles. The van der Waals surface area contributed by atoms with Crippen LogP contribution in [0, 0.1) is 17.0 Å². The van der Waals surface area contributed by atoms with Gasteiger partial charge in [0.2, 0.25) is 5.89 Å². The van der Waals surface area contributed by atoms with E-state index in [0.29, 0.717) is 23.0 Å². The highest BCUT2D eigenvalue weighted by Crippen LogP contribution is 2.26. The highest BCUT2D eigenvalue weighted by Gasteiger charge is 2.20. The second-order valence-electron chi connectivity index (χ2n) is 6.32. The van der Waals surface area contributed by atoms with Crippen LogP contribution < -0.4 is 4.90 Å². The molecular formula is C20H19N3O5. The molecular weight excluding hydrogens is 362 g/mol. The van der Waals surface area contributed by atoms with E-state index in [1.54, 1.807) is 25.9 Å². The fourth-order valence-corrected chi connectivity index (χ4v) is 2.67. The Balaban J connectivity index is 1.80. The molecule has 0 N–H and O–H groups in total. The van der Waals surface area contributed by atoms with Gasteiger partial charge in [-0.2, -0.15) is 0 Å². The van der Waals surface area contributed by atoms with Gasteiger partial charge in [0.05, 0.1) is 16.2 Å². The summed E-state index contributed by atoms with van der Waals surface area (Å²) in [5.74, 6) is 0.308. The average molecular weight is 381 g/mol. The van der Waals surface area contributed by atoms with Gasteiger partial charge in [-0.3, -0.25) is 10.1 Å². The standard InChI is InChI=1S/C20H19N3O5/c1-13-17(21-19(28-13)14-7-5-4-6-8-14)12-27-20(24)16-11-15(23(25)26)9-10-18(16)22(2)3/h4-11H,12H2,1-3H3. The van der Waals surface area contributed by atoms with Crippen LogP contribution in [0.3, 0.4) is 0 Å². The fraction of sp³-hybridized carbons (Fsp3) is 0.200. The molecule has 144 valence electrons. The lowest BCUT2D eigenvalue weighted by Gasteiger charge is -2.16. The van der Waals surface area contributed by atoms with Gasteiger partial charge in [-0.1, -0.05) is 18.2 Å². The SMILES string of the molecule is Cc1oc(-c2ccccc2)nc1COC(=O)c1cc([N+](=O)[O-])ccc1N(C)C. The van der Waals surface area contributed by atoms with Crippen LogP contribution >= 0.6 is 0 Å². The van der Waals surface area contributed by atoms with Gasteiger partial charge in [-0.15, -0.1) is 0 Å². The Labute approximate surface area is 161 Å². The maximum Gasteiger partial charge on any atom is 0.340 e. The topological polar surface area (TPSA) is 98.7 Å². The molecule has 0 saturated heterocycles. The number of carbonyl (C=O) groups excluding carboxylic acids is 1. The number of nitrogens with zero attached hydrogens (tertiary/aromatic N) is 3. The average Bonchev–Trinajstić information content (AvgIpc) is 3.06. The molecule has 8 nitrogen and oxygen atoms in total. The summed E-state index contributed by atoms with van der Waals surface area (Å²) in [6, 6.07) is 13.5. The molecule has 3 rings (SSSR count). The number of aryl methyl sites for hydroxylation is 1. The number of non-ortho nitro benzene ring substituents is 1. The van der Waals surface area contributed by atoms with Crippen LogP contribution in [-0.4, -0.2) is 30.0 Å². The molecule has 28 heavy (non-hydrogen) atoms. The van der Waals surface area contributed by atoms with Crippen molar-refractivity contribution in [2.24, 2.45) is 0 Å². The van der Waals surface area contributed by atoms with Gasteiger partial charge in [-0.25, -0.2) is 9.78 Å².